The Hall–Kier alpha value is -0.280. The lowest BCUT2D eigenvalue weighted by molar-refractivity contribution is 0.185. The van der Waals surface area contributed by atoms with E-state index in [1.807, 2.05) is 0 Å². The lowest BCUT2D eigenvalue weighted by Crippen LogP contribution is -2.44. The van der Waals surface area contributed by atoms with E-state index < -0.39 is 0 Å². The van der Waals surface area contributed by atoms with Gasteiger partial charge in [-0.2, -0.15) is 0 Å². The molecule has 1 aromatic rings. The summed E-state index contributed by atoms with van der Waals surface area (Å²) in [5.41, 5.74) is 4.20. The second-order valence-electron chi connectivity index (χ2n) is 4.88. The number of hydrogen-bond acceptors (Lipinski definition) is 2. The first kappa shape index (κ1) is 17.7. The van der Waals surface area contributed by atoms with Crippen molar-refractivity contribution in [2.24, 2.45) is 0 Å². The first-order valence-electron chi connectivity index (χ1n) is 6.20. The van der Waals surface area contributed by atoms with Crippen molar-refractivity contribution >= 4 is 24.8 Å². The summed E-state index contributed by atoms with van der Waals surface area (Å²) in [7, 11) is 0. The fourth-order valence-corrected chi connectivity index (χ4v) is 2.53. The molecule has 0 bridgehead atoms. The van der Waals surface area contributed by atoms with Crippen LogP contribution < -0.4 is 5.32 Å². The van der Waals surface area contributed by atoms with Gasteiger partial charge in [0.1, 0.15) is 0 Å². The molecule has 1 N–H and O–H groups in total. The van der Waals surface area contributed by atoms with E-state index in [9.17, 15) is 0 Å². The summed E-state index contributed by atoms with van der Waals surface area (Å²) < 4.78 is 0. The second-order valence-corrected chi connectivity index (χ2v) is 4.88. The molecule has 1 aliphatic rings. The summed E-state index contributed by atoms with van der Waals surface area (Å²) in [6.07, 6.45) is 0. The summed E-state index contributed by atoms with van der Waals surface area (Å²) in [4.78, 5) is 2.56. The number of piperazine rings is 1. The molecule has 0 aliphatic carbocycles. The first-order chi connectivity index (χ1) is 7.66. The molecule has 1 atom stereocenters. The van der Waals surface area contributed by atoms with Gasteiger partial charge in [0.05, 0.1) is 0 Å². The Kier molecular flexibility index (Phi) is 7.88. The van der Waals surface area contributed by atoms with Crippen LogP contribution in [0.2, 0.25) is 0 Å². The molecule has 0 amide bonds. The van der Waals surface area contributed by atoms with Crippen LogP contribution in [0.5, 0.6) is 0 Å². The van der Waals surface area contributed by atoms with E-state index in [0.29, 0.717) is 6.04 Å². The molecule has 0 radical (unpaired) electrons. The van der Waals surface area contributed by atoms with Gasteiger partial charge in [0, 0.05) is 32.2 Å². The van der Waals surface area contributed by atoms with Crippen LogP contribution in [0.25, 0.3) is 0 Å². The Bertz CT molecular complexity index is 343. The van der Waals surface area contributed by atoms with E-state index in [1.165, 1.54) is 16.7 Å². The predicted molar refractivity (Wildman–Crippen MR) is 83.3 cm³/mol. The van der Waals surface area contributed by atoms with Crippen LogP contribution in [0.15, 0.2) is 18.2 Å². The zero-order valence-corrected chi connectivity index (χ0v) is 13.0. The van der Waals surface area contributed by atoms with Gasteiger partial charge in [-0.1, -0.05) is 29.3 Å². The van der Waals surface area contributed by atoms with Crippen LogP contribution in [0.3, 0.4) is 0 Å². The highest BCUT2D eigenvalue weighted by Gasteiger charge is 2.17. The van der Waals surface area contributed by atoms with Gasteiger partial charge in [-0.05, 0) is 26.3 Å². The second kappa shape index (κ2) is 8.00. The van der Waals surface area contributed by atoms with E-state index >= 15 is 0 Å². The third-order valence-corrected chi connectivity index (χ3v) is 3.43. The molecule has 2 rings (SSSR count). The van der Waals surface area contributed by atoms with Gasteiger partial charge in [0.2, 0.25) is 0 Å². The third-order valence-electron chi connectivity index (χ3n) is 3.43. The van der Waals surface area contributed by atoms with E-state index in [2.05, 4.69) is 49.2 Å². The minimum Gasteiger partial charge on any atom is -0.314 e. The quantitative estimate of drug-likeness (QED) is 0.900. The summed E-state index contributed by atoms with van der Waals surface area (Å²) in [6, 6.07) is 7.42. The average Bonchev–Trinajstić information content (AvgIpc) is 2.28. The van der Waals surface area contributed by atoms with Gasteiger partial charge in [0.15, 0.2) is 0 Å². The Morgan fingerprint density at radius 1 is 1.00 bits per heavy atom. The summed E-state index contributed by atoms with van der Waals surface area (Å²) >= 11 is 0. The Labute approximate surface area is 123 Å². The van der Waals surface area contributed by atoms with Crippen LogP contribution in [0, 0.1) is 13.8 Å². The van der Waals surface area contributed by atoms with Crippen molar-refractivity contribution in [3.8, 4) is 0 Å². The Balaban J connectivity index is 0.00000144. The largest absolute Gasteiger partial charge is 0.314 e. The minimum atomic E-state index is 0. The molecular weight excluding hydrogens is 267 g/mol. The summed E-state index contributed by atoms with van der Waals surface area (Å²) in [5, 5.41) is 3.40. The van der Waals surface area contributed by atoms with Crippen LogP contribution in [-0.2, 0) is 0 Å². The highest BCUT2D eigenvalue weighted by molar-refractivity contribution is 5.85. The zero-order chi connectivity index (χ0) is 11.5. The molecule has 1 saturated heterocycles. The van der Waals surface area contributed by atoms with Crippen molar-refractivity contribution < 1.29 is 0 Å². The number of rotatable bonds is 2. The van der Waals surface area contributed by atoms with Crippen molar-refractivity contribution in [3.05, 3.63) is 34.9 Å². The fraction of sp³-hybridized carbons (Fsp3) is 0.571. The van der Waals surface area contributed by atoms with Crippen molar-refractivity contribution in [2.45, 2.75) is 26.8 Å². The van der Waals surface area contributed by atoms with E-state index in [1.54, 1.807) is 0 Å². The van der Waals surface area contributed by atoms with Crippen LogP contribution >= 0.6 is 24.8 Å². The first-order valence-corrected chi connectivity index (χ1v) is 6.20. The van der Waals surface area contributed by atoms with Crippen LogP contribution in [0.1, 0.15) is 29.7 Å². The molecule has 1 fully saturated rings. The maximum Gasteiger partial charge on any atom is 0.0321 e. The smallest absolute Gasteiger partial charge is 0.0321 e. The van der Waals surface area contributed by atoms with Gasteiger partial charge in [-0.15, -0.1) is 24.8 Å². The molecule has 0 spiro atoms. The minimum absolute atomic E-state index is 0. The normalized spacial score (nSPS) is 17.5. The fourth-order valence-electron chi connectivity index (χ4n) is 2.53. The number of hydrogen-bond donors (Lipinski definition) is 1. The van der Waals surface area contributed by atoms with Crippen LogP contribution in [0.4, 0.5) is 0 Å². The van der Waals surface area contributed by atoms with Gasteiger partial charge in [-0.25, -0.2) is 0 Å². The van der Waals surface area contributed by atoms with Crippen molar-refractivity contribution in [1.82, 2.24) is 10.2 Å². The highest BCUT2D eigenvalue weighted by Crippen LogP contribution is 2.22. The van der Waals surface area contributed by atoms with Gasteiger partial charge in [0.25, 0.3) is 0 Å². The SMILES string of the molecule is Cc1cc(C)cc([C@@H](C)N2CCNCC2)c1.Cl.Cl. The molecule has 18 heavy (non-hydrogen) atoms. The molecule has 0 aromatic heterocycles. The van der Waals surface area contributed by atoms with E-state index in [4.69, 9.17) is 0 Å². The number of halogens is 2. The monoisotopic (exact) mass is 290 g/mol. The van der Waals surface area contributed by atoms with Crippen molar-refractivity contribution in [3.63, 3.8) is 0 Å². The Morgan fingerprint density at radius 2 is 1.50 bits per heavy atom. The molecule has 4 heteroatoms. The number of nitrogens with zero attached hydrogens (tertiary/aromatic N) is 1. The molecule has 1 aromatic carbocycles. The predicted octanol–water partition coefficient (Wildman–Crippen LogP) is 3.11. The van der Waals surface area contributed by atoms with Crippen LogP contribution in [-0.4, -0.2) is 31.1 Å². The average molecular weight is 291 g/mol. The number of aryl methyl sites for hydroxylation is 2. The van der Waals surface area contributed by atoms with Gasteiger partial charge in [-0.3, -0.25) is 4.90 Å². The molecule has 2 nitrogen and oxygen atoms in total. The van der Waals surface area contributed by atoms with Crippen molar-refractivity contribution in [2.75, 3.05) is 26.2 Å². The maximum atomic E-state index is 3.40. The van der Waals surface area contributed by atoms with Gasteiger partial charge < -0.3 is 5.32 Å². The molecule has 0 saturated carbocycles. The maximum absolute atomic E-state index is 3.40. The number of benzene rings is 1. The summed E-state index contributed by atoms with van der Waals surface area (Å²) in [5.74, 6) is 0. The van der Waals surface area contributed by atoms with E-state index in [0.717, 1.165) is 26.2 Å². The topological polar surface area (TPSA) is 15.3 Å². The lowest BCUT2D eigenvalue weighted by Gasteiger charge is -2.33. The lowest BCUT2D eigenvalue weighted by atomic mass is 10.0. The highest BCUT2D eigenvalue weighted by atomic mass is 35.5. The number of nitrogens with one attached hydrogen (secondary N) is 1. The molecule has 1 aliphatic heterocycles. The summed E-state index contributed by atoms with van der Waals surface area (Å²) in [6.45, 7) is 11.2. The molecule has 0 unspecified atom stereocenters. The van der Waals surface area contributed by atoms with Crippen molar-refractivity contribution in [1.29, 1.82) is 0 Å². The standard InChI is InChI=1S/C14H22N2.2ClH/c1-11-8-12(2)10-14(9-11)13(3)16-6-4-15-5-7-16;;/h8-10,13,15H,4-7H2,1-3H3;2*1H/t13-;;/m1../s1. The zero-order valence-electron chi connectivity index (χ0n) is 11.4. The van der Waals surface area contributed by atoms with Gasteiger partial charge >= 0.3 is 0 Å². The molecule has 1 heterocycles. The molecular formula is C14H24Cl2N2. The molecule has 104 valence electrons. The van der Waals surface area contributed by atoms with E-state index in [-0.39, 0.29) is 24.8 Å². The third kappa shape index (κ3) is 4.43. The Morgan fingerprint density at radius 3 is 2.00 bits per heavy atom.